The zero-order valence-electron chi connectivity index (χ0n) is 12.4. The number of fused-ring (bicyclic) bond motifs is 1. The zero-order valence-corrected chi connectivity index (χ0v) is 14.1. The minimum atomic E-state index is -0.948. The van der Waals surface area contributed by atoms with Crippen molar-refractivity contribution in [2.24, 2.45) is 0 Å². The maximum atomic E-state index is 12.4. The number of thiocarbonyl (C=S) groups is 1. The molecule has 1 aromatic rings. The molecule has 1 saturated heterocycles. The Hall–Kier alpha value is -1.86. The molecule has 1 atom stereocenters. The van der Waals surface area contributed by atoms with Crippen LogP contribution in [0.3, 0.4) is 0 Å². The summed E-state index contributed by atoms with van der Waals surface area (Å²) in [5, 5.41) is 8.74. The van der Waals surface area contributed by atoms with Gasteiger partial charge in [-0.05, 0) is 36.3 Å². The predicted octanol–water partition coefficient (Wildman–Crippen LogP) is 2.69. The van der Waals surface area contributed by atoms with E-state index >= 15 is 0 Å². The number of rotatable bonds is 4. The van der Waals surface area contributed by atoms with Crippen LogP contribution in [0.4, 0.5) is 0 Å². The molecule has 7 heteroatoms. The molecule has 1 aromatic carbocycles. The fourth-order valence-corrected chi connectivity index (χ4v) is 3.89. The van der Waals surface area contributed by atoms with Gasteiger partial charge in [-0.15, -0.1) is 0 Å². The van der Waals surface area contributed by atoms with E-state index in [0.29, 0.717) is 9.23 Å². The number of hydrogen-bond donors (Lipinski definition) is 1. The number of ether oxygens (including phenoxy) is 1. The van der Waals surface area contributed by atoms with Crippen LogP contribution in [0, 0.1) is 0 Å². The third kappa shape index (κ3) is 3.40. The molecule has 2 aliphatic heterocycles. The standard InChI is InChI=1S/C16H15NO4S2/c1-9-6-11-7-10(2-3-12(11)21-9)8-13-15(20)17(16(22)23-13)5-4-14(18)19/h2-3,7-9H,4-6H2,1H3,(H,18,19)/b13-8+. The van der Waals surface area contributed by atoms with E-state index in [1.54, 1.807) is 6.08 Å². The summed E-state index contributed by atoms with van der Waals surface area (Å²) in [6.45, 7) is 2.13. The lowest BCUT2D eigenvalue weighted by atomic mass is 10.1. The first kappa shape index (κ1) is 16.0. The number of aliphatic carboxylic acids is 1. The topological polar surface area (TPSA) is 66.8 Å². The molecule has 0 aliphatic carbocycles. The Labute approximate surface area is 143 Å². The molecule has 1 unspecified atom stereocenters. The molecule has 0 radical (unpaired) electrons. The van der Waals surface area contributed by atoms with Crippen LogP contribution >= 0.6 is 24.0 Å². The van der Waals surface area contributed by atoms with Gasteiger partial charge < -0.3 is 9.84 Å². The van der Waals surface area contributed by atoms with E-state index in [-0.39, 0.29) is 25.0 Å². The minimum absolute atomic E-state index is 0.104. The molecule has 2 aliphatic rings. The molecule has 0 bridgehead atoms. The molecule has 1 N–H and O–H groups in total. The van der Waals surface area contributed by atoms with Crippen LogP contribution in [0.2, 0.25) is 0 Å². The first-order chi connectivity index (χ1) is 10.9. The second-order valence-corrected chi connectivity index (χ2v) is 7.15. The average Bonchev–Trinajstić information content (AvgIpc) is 2.96. The van der Waals surface area contributed by atoms with Gasteiger partial charge in [-0.2, -0.15) is 0 Å². The van der Waals surface area contributed by atoms with Crippen molar-refractivity contribution in [1.82, 2.24) is 4.90 Å². The minimum Gasteiger partial charge on any atom is -0.490 e. The highest BCUT2D eigenvalue weighted by Gasteiger charge is 2.32. The number of carboxylic acid groups (broad SMARTS) is 1. The fourth-order valence-electron chi connectivity index (χ4n) is 2.58. The smallest absolute Gasteiger partial charge is 0.305 e. The third-order valence-electron chi connectivity index (χ3n) is 3.64. The first-order valence-corrected chi connectivity index (χ1v) is 8.43. The van der Waals surface area contributed by atoms with Gasteiger partial charge in [-0.25, -0.2) is 0 Å². The number of carbonyl (C=O) groups excluding carboxylic acids is 1. The van der Waals surface area contributed by atoms with Crippen molar-refractivity contribution in [3.05, 3.63) is 34.2 Å². The lowest BCUT2D eigenvalue weighted by Crippen LogP contribution is -2.30. The number of nitrogens with zero attached hydrogens (tertiary/aromatic N) is 1. The maximum Gasteiger partial charge on any atom is 0.305 e. The van der Waals surface area contributed by atoms with Crippen LogP contribution in [0.5, 0.6) is 5.75 Å². The normalized spacial score (nSPS) is 21.7. The van der Waals surface area contributed by atoms with Crippen LogP contribution in [-0.4, -0.2) is 38.9 Å². The number of benzene rings is 1. The molecule has 23 heavy (non-hydrogen) atoms. The van der Waals surface area contributed by atoms with Crippen molar-refractivity contribution < 1.29 is 19.4 Å². The van der Waals surface area contributed by atoms with Gasteiger partial charge in [0, 0.05) is 13.0 Å². The Kier molecular flexibility index (Phi) is 4.41. The number of hydrogen-bond acceptors (Lipinski definition) is 5. The summed E-state index contributed by atoms with van der Waals surface area (Å²) in [5.41, 5.74) is 2.05. The highest BCUT2D eigenvalue weighted by Crippen LogP contribution is 2.34. The summed E-state index contributed by atoms with van der Waals surface area (Å²) in [6, 6.07) is 5.83. The van der Waals surface area contributed by atoms with Crippen LogP contribution in [0.15, 0.2) is 23.1 Å². The maximum absolute atomic E-state index is 12.4. The van der Waals surface area contributed by atoms with Gasteiger partial charge in [0.25, 0.3) is 5.91 Å². The molecular weight excluding hydrogens is 334 g/mol. The van der Waals surface area contributed by atoms with Gasteiger partial charge in [0.2, 0.25) is 0 Å². The first-order valence-electron chi connectivity index (χ1n) is 7.21. The van der Waals surface area contributed by atoms with E-state index in [2.05, 4.69) is 0 Å². The number of carbonyl (C=O) groups is 2. The highest BCUT2D eigenvalue weighted by molar-refractivity contribution is 8.26. The summed E-state index contributed by atoms with van der Waals surface area (Å²) < 4.78 is 6.07. The van der Waals surface area contributed by atoms with Gasteiger partial charge in [0.15, 0.2) is 0 Å². The van der Waals surface area contributed by atoms with E-state index in [1.165, 1.54) is 16.7 Å². The summed E-state index contributed by atoms with van der Waals surface area (Å²) >= 11 is 6.38. The van der Waals surface area contributed by atoms with E-state index in [1.807, 2.05) is 25.1 Å². The van der Waals surface area contributed by atoms with Gasteiger partial charge in [-0.1, -0.05) is 30.0 Å². The molecule has 0 spiro atoms. The third-order valence-corrected chi connectivity index (χ3v) is 5.02. The highest BCUT2D eigenvalue weighted by atomic mass is 32.2. The number of carboxylic acids is 1. The van der Waals surface area contributed by atoms with Crippen molar-refractivity contribution in [2.45, 2.75) is 25.9 Å². The molecule has 120 valence electrons. The van der Waals surface area contributed by atoms with Crippen molar-refractivity contribution in [1.29, 1.82) is 0 Å². The van der Waals surface area contributed by atoms with Crippen LogP contribution in [-0.2, 0) is 16.0 Å². The molecule has 1 fully saturated rings. The Bertz CT molecular complexity index is 729. The Balaban J connectivity index is 1.78. The summed E-state index contributed by atoms with van der Waals surface area (Å²) in [6.07, 6.45) is 2.71. The summed E-state index contributed by atoms with van der Waals surface area (Å²) in [4.78, 5) is 24.9. The van der Waals surface area contributed by atoms with Crippen molar-refractivity contribution in [3.8, 4) is 5.75 Å². The van der Waals surface area contributed by atoms with Crippen LogP contribution in [0.25, 0.3) is 6.08 Å². The summed E-state index contributed by atoms with van der Waals surface area (Å²) in [5.74, 6) is -0.286. The van der Waals surface area contributed by atoms with Crippen molar-refractivity contribution >= 4 is 46.3 Å². The van der Waals surface area contributed by atoms with Gasteiger partial charge >= 0.3 is 5.97 Å². The van der Waals surface area contributed by atoms with Crippen molar-refractivity contribution in [3.63, 3.8) is 0 Å². The van der Waals surface area contributed by atoms with Gasteiger partial charge in [0.1, 0.15) is 16.2 Å². The SMILES string of the molecule is CC1Cc2cc(/C=C3/SC(=S)N(CCC(=O)O)C3=O)ccc2O1. The number of amides is 1. The molecule has 0 aromatic heterocycles. The monoisotopic (exact) mass is 349 g/mol. The summed E-state index contributed by atoms with van der Waals surface area (Å²) in [7, 11) is 0. The van der Waals surface area contributed by atoms with Gasteiger partial charge in [0.05, 0.1) is 11.3 Å². The number of thioether (sulfide) groups is 1. The second-order valence-electron chi connectivity index (χ2n) is 5.48. The quantitative estimate of drug-likeness (QED) is 0.666. The van der Waals surface area contributed by atoms with Crippen LogP contribution in [0.1, 0.15) is 24.5 Å². The van der Waals surface area contributed by atoms with E-state index in [9.17, 15) is 9.59 Å². The lowest BCUT2D eigenvalue weighted by Gasteiger charge is -2.12. The largest absolute Gasteiger partial charge is 0.490 e. The van der Waals surface area contributed by atoms with E-state index < -0.39 is 5.97 Å². The Morgan fingerprint density at radius 2 is 2.35 bits per heavy atom. The average molecular weight is 349 g/mol. The molecular formula is C16H15NO4S2. The molecule has 5 nitrogen and oxygen atoms in total. The molecule has 3 rings (SSSR count). The Morgan fingerprint density at radius 1 is 1.57 bits per heavy atom. The van der Waals surface area contributed by atoms with E-state index in [4.69, 9.17) is 22.1 Å². The second kappa shape index (κ2) is 6.33. The van der Waals surface area contributed by atoms with Gasteiger partial charge in [-0.3, -0.25) is 14.5 Å². The Morgan fingerprint density at radius 3 is 3.09 bits per heavy atom. The van der Waals surface area contributed by atoms with E-state index in [0.717, 1.165) is 23.3 Å². The van der Waals surface area contributed by atoms with Crippen molar-refractivity contribution in [2.75, 3.05) is 6.54 Å². The molecule has 1 amide bonds. The molecule has 0 saturated carbocycles. The lowest BCUT2D eigenvalue weighted by molar-refractivity contribution is -0.137. The zero-order chi connectivity index (χ0) is 16.6. The predicted molar refractivity (Wildman–Crippen MR) is 92.4 cm³/mol. The van der Waals surface area contributed by atoms with Crippen LogP contribution < -0.4 is 4.74 Å². The molecule has 2 heterocycles. The fraction of sp³-hybridized carbons (Fsp3) is 0.312.